The molecular weight excluding hydrogens is 264 g/mol. The second-order valence-electron chi connectivity index (χ2n) is 5.51. The number of aromatic amines is 1. The topological polar surface area (TPSA) is 61.0 Å². The van der Waals surface area contributed by atoms with Gasteiger partial charge in [0.2, 0.25) is 0 Å². The summed E-state index contributed by atoms with van der Waals surface area (Å²) >= 11 is 6.05. The highest BCUT2D eigenvalue weighted by atomic mass is 35.5. The Hall–Kier alpha value is -1.07. The molecule has 5 nitrogen and oxygen atoms in total. The van der Waals surface area contributed by atoms with Gasteiger partial charge in [-0.3, -0.25) is 4.79 Å². The van der Waals surface area contributed by atoms with E-state index in [1.54, 1.807) is 0 Å². The van der Waals surface area contributed by atoms with Gasteiger partial charge in [-0.15, -0.1) is 0 Å². The fraction of sp³-hybridized carbons (Fsp3) is 0.692. The zero-order valence-electron chi connectivity index (χ0n) is 10.9. The minimum atomic E-state index is -0.259. The molecular formula is C13H19ClN4O. The molecule has 1 unspecified atom stereocenters. The van der Waals surface area contributed by atoms with Crippen LogP contribution >= 0.6 is 11.6 Å². The summed E-state index contributed by atoms with van der Waals surface area (Å²) in [5.74, 6) is 1.24. The van der Waals surface area contributed by atoms with Crippen LogP contribution in [-0.2, 0) is 0 Å². The van der Waals surface area contributed by atoms with E-state index in [-0.39, 0.29) is 10.6 Å². The van der Waals surface area contributed by atoms with Crippen molar-refractivity contribution in [3.8, 4) is 0 Å². The van der Waals surface area contributed by atoms with Crippen molar-refractivity contribution in [1.82, 2.24) is 15.3 Å². The van der Waals surface area contributed by atoms with E-state index in [9.17, 15) is 4.79 Å². The third kappa shape index (κ3) is 3.09. The van der Waals surface area contributed by atoms with Gasteiger partial charge in [-0.1, -0.05) is 11.6 Å². The van der Waals surface area contributed by atoms with E-state index in [1.807, 2.05) is 0 Å². The molecule has 1 atom stereocenters. The van der Waals surface area contributed by atoms with Gasteiger partial charge in [0, 0.05) is 19.1 Å². The monoisotopic (exact) mass is 282 g/mol. The lowest BCUT2D eigenvalue weighted by atomic mass is 9.98. The number of halogens is 1. The normalized spacial score (nSPS) is 23.6. The van der Waals surface area contributed by atoms with E-state index in [0.29, 0.717) is 11.7 Å². The van der Waals surface area contributed by atoms with Gasteiger partial charge in [0.15, 0.2) is 5.82 Å². The van der Waals surface area contributed by atoms with E-state index in [4.69, 9.17) is 11.6 Å². The number of hydrogen-bond donors (Lipinski definition) is 2. The van der Waals surface area contributed by atoms with E-state index < -0.39 is 0 Å². The second-order valence-corrected chi connectivity index (χ2v) is 5.88. The first-order valence-corrected chi connectivity index (χ1v) is 7.33. The summed E-state index contributed by atoms with van der Waals surface area (Å²) < 4.78 is 0. The molecule has 2 fully saturated rings. The average Bonchev–Trinajstić information content (AvgIpc) is 3.24. The zero-order valence-corrected chi connectivity index (χ0v) is 11.6. The van der Waals surface area contributed by atoms with Gasteiger partial charge >= 0.3 is 0 Å². The average molecular weight is 283 g/mol. The van der Waals surface area contributed by atoms with Gasteiger partial charge in [0.1, 0.15) is 5.02 Å². The maximum Gasteiger partial charge on any atom is 0.271 e. The van der Waals surface area contributed by atoms with Gasteiger partial charge in [-0.05, 0) is 38.1 Å². The Bertz CT molecular complexity index is 500. The summed E-state index contributed by atoms with van der Waals surface area (Å²) in [6.07, 6.45) is 6.42. The molecule has 1 aromatic rings. The predicted molar refractivity (Wildman–Crippen MR) is 75.8 cm³/mol. The Morgan fingerprint density at radius 1 is 1.47 bits per heavy atom. The van der Waals surface area contributed by atoms with Crippen molar-refractivity contribution < 1.29 is 0 Å². The number of anilines is 1. The first-order valence-electron chi connectivity index (χ1n) is 6.95. The number of H-pyrrole nitrogens is 1. The molecule has 19 heavy (non-hydrogen) atoms. The van der Waals surface area contributed by atoms with Gasteiger partial charge in [0.05, 0.1) is 6.33 Å². The fourth-order valence-corrected chi connectivity index (χ4v) is 2.86. The highest BCUT2D eigenvalue weighted by molar-refractivity contribution is 6.32. The highest BCUT2D eigenvalue weighted by Crippen LogP contribution is 2.26. The van der Waals surface area contributed by atoms with Crippen LogP contribution in [0.5, 0.6) is 0 Å². The smallest absolute Gasteiger partial charge is 0.271 e. The summed E-state index contributed by atoms with van der Waals surface area (Å²) in [5.41, 5.74) is -0.259. The summed E-state index contributed by atoms with van der Waals surface area (Å²) in [6.45, 7) is 2.91. The minimum Gasteiger partial charge on any atom is -0.355 e. The molecule has 0 aromatic carbocycles. The van der Waals surface area contributed by atoms with E-state index in [0.717, 1.165) is 32.1 Å². The molecule has 2 aliphatic rings. The van der Waals surface area contributed by atoms with Crippen LogP contribution < -0.4 is 15.8 Å². The van der Waals surface area contributed by atoms with Crippen LogP contribution in [0.25, 0.3) is 0 Å². The summed E-state index contributed by atoms with van der Waals surface area (Å²) in [6, 6.07) is 0.747. The van der Waals surface area contributed by atoms with Crippen molar-refractivity contribution in [2.24, 2.45) is 5.92 Å². The predicted octanol–water partition coefficient (Wildman–Crippen LogP) is 1.39. The number of rotatable bonds is 4. The highest BCUT2D eigenvalue weighted by Gasteiger charge is 2.26. The number of piperidine rings is 1. The lowest BCUT2D eigenvalue weighted by Crippen LogP contribution is -2.41. The number of nitrogens with zero attached hydrogens (tertiary/aromatic N) is 2. The largest absolute Gasteiger partial charge is 0.355 e. The summed E-state index contributed by atoms with van der Waals surface area (Å²) in [4.78, 5) is 20.4. The van der Waals surface area contributed by atoms with E-state index in [2.05, 4.69) is 20.2 Å². The van der Waals surface area contributed by atoms with Crippen molar-refractivity contribution in [3.63, 3.8) is 0 Å². The standard InChI is InChI=1S/C13H19ClN4O/c14-11-12(16-8-17-13(11)19)18-5-1-2-9(7-18)6-15-10-3-4-10/h8-10,15H,1-7H2,(H,16,17,19). The minimum absolute atomic E-state index is 0.207. The molecule has 104 valence electrons. The third-order valence-corrected chi connectivity index (χ3v) is 4.21. The van der Waals surface area contributed by atoms with Crippen molar-refractivity contribution in [3.05, 3.63) is 21.7 Å². The first kappa shape index (κ1) is 12.9. The lowest BCUT2D eigenvalue weighted by molar-refractivity contribution is 0.389. The molecule has 6 heteroatoms. The van der Waals surface area contributed by atoms with Crippen molar-refractivity contribution in [2.45, 2.75) is 31.7 Å². The molecule has 3 rings (SSSR count). The van der Waals surface area contributed by atoms with Crippen LogP contribution in [0.2, 0.25) is 5.02 Å². The van der Waals surface area contributed by atoms with Gasteiger partial charge in [0.25, 0.3) is 5.56 Å². The first-order chi connectivity index (χ1) is 9.24. The maximum absolute atomic E-state index is 11.5. The molecule has 1 saturated carbocycles. The molecule has 1 aliphatic carbocycles. The van der Waals surface area contributed by atoms with Crippen LogP contribution in [0.1, 0.15) is 25.7 Å². The molecule has 2 N–H and O–H groups in total. The maximum atomic E-state index is 11.5. The Kier molecular flexibility index (Phi) is 3.75. The van der Waals surface area contributed by atoms with Crippen LogP contribution in [-0.4, -0.2) is 35.6 Å². The zero-order chi connectivity index (χ0) is 13.2. The van der Waals surface area contributed by atoms with E-state index >= 15 is 0 Å². The molecule has 1 aromatic heterocycles. The number of hydrogen-bond acceptors (Lipinski definition) is 4. The summed E-state index contributed by atoms with van der Waals surface area (Å²) in [5, 5.41) is 3.78. The Morgan fingerprint density at radius 2 is 2.32 bits per heavy atom. The van der Waals surface area contributed by atoms with Gasteiger partial charge in [-0.25, -0.2) is 4.98 Å². The number of nitrogens with one attached hydrogen (secondary N) is 2. The van der Waals surface area contributed by atoms with Crippen LogP contribution in [0.3, 0.4) is 0 Å². The summed E-state index contributed by atoms with van der Waals surface area (Å²) in [7, 11) is 0. The quantitative estimate of drug-likeness (QED) is 0.876. The van der Waals surface area contributed by atoms with Crippen LogP contribution in [0.4, 0.5) is 5.82 Å². The molecule has 1 saturated heterocycles. The van der Waals surface area contributed by atoms with Crippen LogP contribution in [0.15, 0.2) is 11.1 Å². The van der Waals surface area contributed by atoms with Crippen molar-refractivity contribution in [2.75, 3.05) is 24.5 Å². The Morgan fingerprint density at radius 3 is 3.11 bits per heavy atom. The van der Waals surface area contributed by atoms with E-state index in [1.165, 1.54) is 25.6 Å². The van der Waals surface area contributed by atoms with Crippen LogP contribution in [0, 0.1) is 5.92 Å². The van der Waals surface area contributed by atoms with Crippen molar-refractivity contribution >= 4 is 17.4 Å². The molecule has 0 amide bonds. The SMILES string of the molecule is O=c1[nH]cnc(N2CCCC(CNC3CC3)C2)c1Cl. The Balaban J connectivity index is 1.66. The number of aromatic nitrogens is 2. The molecule has 0 radical (unpaired) electrons. The molecule has 2 heterocycles. The Labute approximate surface area is 117 Å². The lowest BCUT2D eigenvalue weighted by Gasteiger charge is -2.34. The third-order valence-electron chi connectivity index (χ3n) is 3.87. The van der Waals surface area contributed by atoms with Crippen molar-refractivity contribution in [1.29, 1.82) is 0 Å². The fourth-order valence-electron chi connectivity index (χ4n) is 2.64. The van der Waals surface area contributed by atoms with Gasteiger partial charge < -0.3 is 15.2 Å². The molecule has 0 bridgehead atoms. The van der Waals surface area contributed by atoms with Gasteiger partial charge in [-0.2, -0.15) is 0 Å². The molecule has 1 aliphatic heterocycles. The molecule has 0 spiro atoms. The second kappa shape index (κ2) is 5.51.